The van der Waals surface area contributed by atoms with Crippen LogP contribution in [0.15, 0.2) is 122 Å². The number of aliphatic hydroxyl groups is 2. The first-order chi connectivity index (χ1) is 40.6. The summed E-state index contributed by atoms with van der Waals surface area (Å²) in [5.41, 5.74) is 0. The van der Waals surface area contributed by atoms with E-state index < -0.39 is 67.3 Å². The highest BCUT2D eigenvalue weighted by atomic mass is 16.7. The van der Waals surface area contributed by atoms with Crippen LogP contribution in [-0.4, -0.2) is 89.2 Å². The number of allylic oxidation sites excluding steroid dienone is 19. The Kier molecular flexibility index (Phi) is 52.8. The van der Waals surface area contributed by atoms with Crippen LogP contribution in [0.4, 0.5) is 0 Å². The summed E-state index contributed by atoms with van der Waals surface area (Å²) >= 11 is 0. The summed E-state index contributed by atoms with van der Waals surface area (Å²) in [6, 6.07) is 0. The summed E-state index contributed by atoms with van der Waals surface area (Å²) in [7, 11) is 0. The number of carbonyl (C=O) groups is 4. The molecule has 0 amide bonds. The third-order valence-electron chi connectivity index (χ3n) is 14.0. The fraction of sp³-hybridized carbons (Fsp3) is 0.662. The van der Waals surface area contributed by atoms with Gasteiger partial charge >= 0.3 is 23.9 Å². The average Bonchev–Trinajstić information content (AvgIpc) is 3.60. The van der Waals surface area contributed by atoms with Crippen LogP contribution in [0.5, 0.6) is 0 Å². The number of unbranched alkanes of at least 4 members (excludes halogenated alkanes) is 21. The zero-order valence-electron chi connectivity index (χ0n) is 51.9. The molecule has 0 spiro atoms. The van der Waals surface area contributed by atoms with E-state index in [1.54, 1.807) is 6.08 Å². The molecule has 0 aromatic carbocycles. The van der Waals surface area contributed by atoms with Crippen molar-refractivity contribution in [2.75, 3.05) is 13.2 Å². The molecule has 1 fully saturated rings. The number of carboxylic acid groups (broad SMARTS) is 1. The topological polar surface area (TPSA) is 175 Å². The lowest BCUT2D eigenvalue weighted by Gasteiger charge is -2.40. The smallest absolute Gasteiger partial charge is 0.335 e. The minimum atomic E-state index is -1.93. The normalized spacial score (nSPS) is 18.4. The number of aliphatic hydroxyl groups excluding tert-OH is 2. The maximum absolute atomic E-state index is 13.1. The highest BCUT2D eigenvalue weighted by molar-refractivity contribution is 5.74. The van der Waals surface area contributed by atoms with Crippen molar-refractivity contribution in [2.45, 2.75) is 289 Å². The van der Waals surface area contributed by atoms with E-state index in [9.17, 15) is 34.5 Å². The summed E-state index contributed by atoms with van der Waals surface area (Å²) in [5.74, 6) is -3.32. The van der Waals surface area contributed by atoms with Crippen LogP contribution < -0.4 is 0 Å². The zero-order valence-corrected chi connectivity index (χ0v) is 51.9. The van der Waals surface area contributed by atoms with E-state index in [4.69, 9.17) is 23.7 Å². The first-order valence-corrected chi connectivity index (χ1v) is 32.5. The fourth-order valence-electron chi connectivity index (χ4n) is 9.07. The van der Waals surface area contributed by atoms with Crippen LogP contribution in [0, 0.1) is 0 Å². The fourth-order valence-corrected chi connectivity index (χ4v) is 9.07. The van der Waals surface area contributed by atoms with E-state index in [1.807, 2.05) is 12.2 Å². The molecule has 6 unspecified atom stereocenters. The summed E-state index contributed by atoms with van der Waals surface area (Å²) in [4.78, 5) is 51.3. The third kappa shape index (κ3) is 47.1. The Bertz CT molecular complexity index is 1900. The summed E-state index contributed by atoms with van der Waals surface area (Å²) in [6.45, 7) is 5.75. The molecule has 0 aromatic rings. The Balaban J connectivity index is 2.71. The van der Waals surface area contributed by atoms with E-state index in [2.05, 4.69) is 124 Å². The quantitative estimate of drug-likeness (QED) is 0.0228. The Labute approximate surface area is 503 Å². The lowest BCUT2D eigenvalue weighted by molar-refractivity contribution is -0.301. The Morgan fingerprint density at radius 1 is 0.422 bits per heavy atom. The van der Waals surface area contributed by atoms with E-state index in [0.29, 0.717) is 19.3 Å². The van der Waals surface area contributed by atoms with Gasteiger partial charge < -0.3 is 39.0 Å². The predicted molar refractivity (Wildman–Crippen MR) is 340 cm³/mol. The van der Waals surface area contributed by atoms with Crippen LogP contribution in [0.2, 0.25) is 0 Å². The first kappa shape index (κ1) is 76.1. The molecule has 0 bridgehead atoms. The van der Waals surface area contributed by atoms with Crippen molar-refractivity contribution >= 4 is 23.9 Å². The molecular formula is C71H114O12. The lowest BCUT2D eigenvalue weighted by atomic mass is 9.98. The second-order valence-electron chi connectivity index (χ2n) is 21.7. The molecule has 3 N–H and O–H groups in total. The van der Waals surface area contributed by atoms with Gasteiger partial charge in [-0.2, -0.15) is 0 Å². The van der Waals surface area contributed by atoms with Gasteiger partial charge in [0.15, 0.2) is 24.6 Å². The second-order valence-corrected chi connectivity index (χ2v) is 21.7. The molecule has 12 nitrogen and oxygen atoms in total. The standard InChI is InChI=1S/C71H114O12/c1-4-7-10-13-16-19-22-25-28-30-32-34-37-39-42-45-48-51-54-57-63(72)79-60-62(81-64(73)58-55-52-49-46-43-40-36-27-24-21-18-15-12-9-6-3)61-80-71-69(67(76)66(75)68(83-71)70(77)78)82-65(74)59-56-53-50-47-44-41-38-35-33-31-29-26-23-20-17-14-11-8-5-2/h9,12,16-21,25-29,33,35-36,43,46,52,55,62,66-69,71,75-76H,4-8,10-11,13-15,22-24,30-32,34,37-42,44-45,47-51,53-54,56-61H2,1-3H3,(H,77,78)/b12-9-,19-16-,20-17-,21-18-,28-25-,29-26-,35-33-,36-27-,46-43-,55-52-. The second kappa shape index (κ2) is 57.5. The Morgan fingerprint density at radius 2 is 0.795 bits per heavy atom. The molecule has 1 rings (SSSR count). The maximum Gasteiger partial charge on any atom is 0.335 e. The van der Waals surface area contributed by atoms with Gasteiger partial charge in [0.05, 0.1) is 13.0 Å². The Hall–Kier alpha value is -4.88. The van der Waals surface area contributed by atoms with Crippen molar-refractivity contribution in [3.8, 4) is 0 Å². The van der Waals surface area contributed by atoms with Gasteiger partial charge in [-0.15, -0.1) is 0 Å². The molecule has 0 aromatic heterocycles. The van der Waals surface area contributed by atoms with Crippen LogP contribution >= 0.6 is 0 Å². The number of hydrogen-bond donors (Lipinski definition) is 3. The molecule has 12 heteroatoms. The van der Waals surface area contributed by atoms with Crippen molar-refractivity contribution in [3.05, 3.63) is 122 Å². The Morgan fingerprint density at radius 3 is 1.22 bits per heavy atom. The predicted octanol–water partition coefficient (Wildman–Crippen LogP) is 17.6. The minimum absolute atomic E-state index is 0.0293. The van der Waals surface area contributed by atoms with Gasteiger partial charge in [0.25, 0.3) is 0 Å². The van der Waals surface area contributed by atoms with Gasteiger partial charge in [-0.05, 0) is 116 Å². The van der Waals surface area contributed by atoms with Gasteiger partial charge in [0.1, 0.15) is 18.8 Å². The maximum atomic E-state index is 13.1. The number of hydrogen-bond acceptors (Lipinski definition) is 11. The van der Waals surface area contributed by atoms with E-state index in [-0.39, 0.29) is 25.9 Å². The molecule has 6 atom stereocenters. The van der Waals surface area contributed by atoms with E-state index in [0.717, 1.165) is 116 Å². The first-order valence-electron chi connectivity index (χ1n) is 32.5. The van der Waals surface area contributed by atoms with Crippen LogP contribution in [0.1, 0.15) is 252 Å². The van der Waals surface area contributed by atoms with Gasteiger partial charge in [0.2, 0.25) is 0 Å². The van der Waals surface area contributed by atoms with Crippen molar-refractivity contribution in [1.29, 1.82) is 0 Å². The molecule has 1 aliphatic rings. The summed E-state index contributed by atoms with van der Waals surface area (Å²) < 4.78 is 28.4. The number of ether oxygens (including phenoxy) is 5. The molecule has 0 saturated carbocycles. The largest absolute Gasteiger partial charge is 0.479 e. The van der Waals surface area contributed by atoms with Crippen LogP contribution in [-0.2, 0) is 42.9 Å². The van der Waals surface area contributed by atoms with Crippen LogP contribution in [0.25, 0.3) is 0 Å². The van der Waals surface area contributed by atoms with Gasteiger partial charge in [-0.25, -0.2) is 4.79 Å². The highest BCUT2D eigenvalue weighted by Crippen LogP contribution is 2.26. The average molecular weight is 1160 g/mol. The molecule has 0 aliphatic carbocycles. The van der Waals surface area contributed by atoms with Gasteiger partial charge in [-0.1, -0.05) is 239 Å². The number of aliphatic carboxylic acids is 1. The molecule has 83 heavy (non-hydrogen) atoms. The van der Waals surface area contributed by atoms with Gasteiger partial charge in [-0.3, -0.25) is 14.4 Å². The van der Waals surface area contributed by atoms with Crippen molar-refractivity contribution in [3.63, 3.8) is 0 Å². The van der Waals surface area contributed by atoms with Crippen molar-refractivity contribution < 1.29 is 58.2 Å². The summed E-state index contributed by atoms with van der Waals surface area (Å²) in [6.07, 6.45) is 67.5. The van der Waals surface area contributed by atoms with Crippen molar-refractivity contribution in [2.24, 2.45) is 0 Å². The number of carboxylic acids is 1. The molecule has 470 valence electrons. The SMILES string of the molecule is CC/C=C\C/C=C\C/C=C\C/C=C\C/C=C\CC(=O)OC(COC(=O)CCCCCCCCCCC/C=C\C/C=C\CCCCC)COC1OC(C(=O)O)C(O)C(O)C1OC(=O)CCCCCCCC/C=C\C/C=C\C/C=C\CCCCC. The molecule has 1 aliphatic heterocycles. The molecular weight excluding hydrogens is 1040 g/mol. The number of esters is 3. The van der Waals surface area contributed by atoms with Crippen LogP contribution in [0.3, 0.4) is 0 Å². The van der Waals surface area contributed by atoms with Gasteiger partial charge in [0, 0.05) is 12.8 Å². The molecule has 0 radical (unpaired) electrons. The van der Waals surface area contributed by atoms with E-state index in [1.165, 1.54) is 77.0 Å². The highest BCUT2D eigenvalue weighted by Gasteiger charge is 2.50. The molecule has 1 saturated heterocycles. The zero-order chi connectivity index (χ0) is 60.3. The monoisotopic (exact) mass is 1160 g/mol. The van der Waals surface area contributed by atoms with Crippen molar-refractivity contribution in [1.82, 2.24) is 0 Å². The minimum Gasteiger partial charge on any atom is -0.479 e. The lowest BCUT2D eigenvalue weighted by Crippen LogP contribution is -2.61. The molecule has 1 heterocycles. The third-order valence-corrected chi connectivity index (χ3v) is 14.0. The number of rotatable bonds is 54. The number of carbonyl (C=O) groups excluding carboxylic acids is 3. The van der Waals surface area contributed by atoms with E-state index >= 15 is 0 Å². The summed E-state index contributed by atoms with van der Waals surface area (Å²) in [5, 5.41) is 31.6.